The van der Waals surface area contributed by atoms with E-state index in [9.17, 15) is 4.79 Å². The van der Waals surface area contributed by atoms with E-state index in [0.717, 1.165) is 30.0 Å². The van der Waals surface area contributed by atoms with Gasteiger partial charge in [-0.05, 0) is 20.8 Å². The SMILES string of the molecule is CCn1ncnc1Cn1nc(C)c(C=O)c1C. The third-order valence-electron chi connectivity index (χ3n) is 2.84. The van der Waals surface area contributed by atoms with Gasteiger partial charge in [0.25, 0.3) is 0 Å². The molecule has 6 nitrogen and oxygen atoms in total. The van der Waals surface area contributed by atoms with Crippen molar-refractivity contribution in [3.63, 3.8) is 0 Å². The molecule has 0 aliphatic rings. The summed E-state index contributed by atoms with van der Waals surface area (Å²) in [6.07, 6.45) is 2.38. The molecule has 2 aromatic heterocycles. The van der Waals surface area contributed by atoms with Crippen molar-refractivity contribution in [1.82, 2.24) is 24.5 Å². The molecule has 0 aliphatic heterocycles. The topological polar surface area (TPSA) is 65.6 Å². The van der Waals surface area contributed by atoms with E-state index in [-0.39, 0.29) is 0 Å². The summed E-state index contributed by atoms with van der Waals surface area (Å²) in [4.78, 5) is 15.1. The lowest BCUT2D eigenvalue weighted by molar-refractivity contribution is 0.112. The van der Waals surface area contributed by atoms with Crippen molar-refractivity contribution in [3.8, 4) is 0 Å². The first-order valence-corrected chi connectivity index (χ1v) is 5.53. The molecule has 90 valence electrons. The summed E-state index contributed by atoms with van der Waals surface area (Å²) in [5.41, 5.74) is 2.27. The first-order valence-electron chi connectivity index (χ1n) is 5.53. The molecule has 0 saturated carbocycles. The van der Waals surface area contributed by atoms with Crippen molar-refractivity contribution in [1.29, 1.82) is 0 Å². The van der Waals surface area contributed by atoms with Crippen molar-refractivity contribution < 1.29 is 4.79 Å². The zero-order chi connectivity index (χ0) is 12.4. The lowest BCUT2D eigenvalue weighted by atomic mass is 10.2. The van der Waals surface area contributed by atoms with Crippen LogP contribution in [0.4, 0.5) is 0 Å². The fourth-order valence-corrected chi connectivity index (χ4v) is 1.84. The van der Waals surface area contributed by atoms with E-state index in [2.05, 4.69) is 15.2 Å². The van der Waals surface area contributed by atoms with E-state index >= 15 is 0 Å². The summed E-state index contributed by atoms with van der Waals surface area (Å²) in [6, 6.07) is 0. The Kier molecular flexibility index (Phi) is 3.03. The number of nitrogens with zero attached hydrogens (tertiary/aromatic N) is 5. The van der Waals surface area contributed by atoms with Crippen LogP contribution in [-0.4, -0.2) is 30.8 Å². The Morgan fingerprint density at radius 3 is 2.71 bits per heavy atom. The highest BCUT2D eigenvalue weighted by molar-refractivity contribution is 5.78. The van der Waals surface area contributed by atoms with Crippen molar-refractivity contribution in [2.75, 3.05) is 0 Å². The fraction of sp³-hybridized carbons (Fsp3) is 0.455. The normalized spacial score (nSPS) is 10.8. The first-order chi connectivity index (χ1) is 8.17. The van der Waals surface area contributed by atoms with Crippen LogP contribution < -0.4 is 0 Å². The van der Waals surface area contributed by atoms with E-state index in [1.54, 1.807) is 4.68 Å². The fourth-order valence-electron chi connectivity index (χ4n) is 1.84. The summed E-state index contributed by atoms with van der Waals surface area (Å²) in [7, 11) is 0. The summed E-state index contributed by atoms with van der Waals surface area (Å²) in [5, 5.41) is 8.44. The highest BCUT2D eigenvalue weighted by Gasteiger charge is 2.12. The highest BCUT2D eigenvalue weighted by Crippen LogP contribution is 2.11. The van der Waals surface area contributed by atoms with Gasteiger partial charge in [0.1, 0.15) is 18.7 Å². The van der Waals surface area contributed by atoms with Crippen LogP contribution in [0, 0.1) is 13.8 Å². The van der Waals surface area contributed by atoms with Crippen LogP contribution in [0.1, 0.15) is 34.5 Å². The van der Waals surface area contributed by atoms with Crippen LogP contribution in [0.3, 0.4) is 0 Å². The molecule has 17 heavy (non-hydrogen) atoms. The van der Waals surface area contributed by atoms with Gasteiger partial charge < -0.3 is 0 Å². The van der Waals surface area contributed by atoms with E-state index in [1.807, 2.05) is 25.5 Å². The molecule has 0 amide bonds. The number of aryl methyl sites for hydroxylation is 2. The Morgan fingerprint density at radius 1 is 1.35 bits per heavy atom. The van der Waals surface area contributed by atoms with Gasteiger partial charge >= 0.3 is 0 Å². The average Bonchev–Trinajstić information content (AvgIpc) is 2.85. The van der Waals surface area contributed by atoms with E-state index < -0.39 is 0 Å². The standard InChI is InChI=1S/C11H15N5O/c1-4-15-11(12-7-13-15)5-16-9(3)10(6-17)8(2)14-16/h6-7H,4-5H2,1-3H3. The summed E-state index contributed by atoms with van der Waals surface area (Å²) >= 11 is 0. The third kappa shape index (κ3) is 1.98. The molecule has 0 atom stereocenters. The molecule has 6 heteroatoms. The lowest BCUT2D eigenvalue weighted by Crippen LogP contribution is -2.11. The number of hydrogen-bond donors (Lipinski definition) is 0. The number of aldehydes is 1. The molecule has 0 bridgehead atoms. The highest BCUT2D eigenvalue weighted by atomic mass is 16.1. The number of carbonyl (C=O) groups excluding carboxylic acids is 1. The monoisotopic (exact) mass is 233 g/mol. The average molecular weight is 233 g/mol. The van der Waals surface area contributed by atoms with Crippen LogP contribution in [0.25, 0.3) is 0 Å². The van der Waals surface area contributed by atoms with Crippen LogP contribution in [0.2, 0.25) is 0 Å². The molecule has 0 N–H and O–H groups in total. The Morgan fingerprint density at radius 2 is 2.12 bits per heavy atom. The molecule has 0 spiro atoms. The Labute approximate surface area is 99.3 Å². The molecule has 2 aromatic rings. The molecule has 0 saturated heterocycles. The van der Waals surface area contributed by atoms with E-state index in [1.165, 1.54) is 6.33 Å². The Hall–Kier alpha value is -1.98. The zero-order valence-corrected chi connectivity index (χ0v) is 10.2. The second-order valence-electron chi connectivity index (χ2n) is 3.85. The summed E-state index contributed by atoms with van der Waals surface area (Å²) in [6.45, 7) is 7.04. The maximum Gasteiger partial charge on any atom is 0.153 e. The molecular formula is C11H15N5O. The van der Waals surface area contributed by atoms with Gasteiger partial charge in [0.2, 0.25) is 0 Å². The molecule has 0 unspecified atom stereocenters. The Bertz CT molecular complexity index is 540. The smallest absolute Gasteiger partial charge is 0.153 e. The predicted molar refractivity (Wildman–Crippen MR) is 61.9 cm³/mol. The maximum atomic E-state index is 10.9. The van der Waals surface area contributed by atoms with Gasteiger partial charge in [0.15, 0.2) is 6.29 Å². The minimum atomic E-state index is 0.536. The van der Waals surface area contributed by atoms with E-state index in [0.29, 0.717) is 12.1 Å². The molecule has 2 rings (SSSR count). The maximum absolute atomic E-state index is 10.9. The van der Waals surface area contributed by atoms with Gasteiger partial charge in [-0.1, -0.05) is 0 Å². The molecular weight excluding hydrogens is 218 g/mol. The lowest BCUT2D eigenvalue weighted by Gasteiger charge is -2.05. The largest absolute Gasteiger partial charge is 0.298 e. The molecule has 0 fully saturated rings. The van der Waals surface area contributed by atoms with Crippen molar-refractivity contribution in [2.24, 2.45) is 0 Å². The van der Waals surface area contributed by atoms with Crippen LogP contribution in [0.5, 0.6) is 0 Å². The molecule has 0 aliphatic carbocycles. The van der Waals surface area contributed by atoms with Crippen molar-refractivity contribution in [3.05, 3.63) is 29.1 Å². The third-order valence-corrected chi connectivity index (χ3v) is 2.84. The zero-order valence-electron chi connectivity index (χ0n) is 10.2. The van der Waals surface area contributed by atoms with Crippen molar-refractivity contribution >= 4 is 6.29 Å². The van der Waals surface area contributed by atoms with Crippen LogP contribution in [0.15, 0.2) is 6.33 Å². The van der Waals surface area contributed by atoms with Gasteiger partial charge in [0, 0.05) is 12.2 Å². The van der Waals surface area contributed by atoms with Crippen LogP contribution in [-0.2, 0) is 13.1 Å². The minimum absolute atomic E-state index is 0.536. The second kappa shape index (κ2) is 4.48. The molecule has 0 aromatic carbocycles. The van der Waals surface area contributed by atoms with Gasteiger partial charge in [-0.2, -0.15) is 10.2 Å². The summed E-state index contributed by atoms with van der Waals surface area (Å²) < 4.78 is 3.60. The number of rotatable bonds is 4. The number of hydrogen-bond acceptors (Lipinski definition) is 4. The predicted octanol–water partition coefficient (Wildman–Crippen LogP) is 0.972. The number of carbonyl (C=O) groups is 1. The van der Waals surface area contributed by atoms with Crippen LogP contribution >= 0.6 is 0 Å². The number of aromatic nitrogens is 5. The second-order valence-corrected chi connectivity index (χ2v) is 3.85. The van der Waals surface area contributed by atoms with Gasteiger partial charge in [-0.15, -0.1) is 0 Å². The minimum Gasteiger partial charge on any atom is -0.298 e. The van der Waals surface area contributed by atoms with Gasteiger partial charge in [-0.25, -0.2) is 9.67 Å². The summed E-state index contributed by atoms with van der Waals surface area (Å²) in [5.74, 6) is 0.843. The first kappa shape index (κ1) is 11.5. The Balaban J connectivity index is 2.33. The quantitative estimate of drug-likeness (QED) is 0.738. The van der Waals surface area contributed by atoms with Gasteiger partial charge in [-0.3, -0.25) is 9.48 Å². The van der Waals surface area contributed by atoms with E-state index in [4.69, 9.17) is 0 Å². The molecule has 0 radical (unpaired) electrons. The van der Waals surface area contributed by atoms with Gasteiger partial charge in [0.05, 0.1) is 11.3 Å². The van der Waals surface area contributed by atoms with Crippen molar-refractivity contribution in [2.45, 2.75) is 33.9 Å². The molecule has 2 heterocycles.